The van der Waals surface area contributed by atoms with E-state index in [1.165, 1.54) is 30.3 Å². The molecular formula is C19H17ClFN3O4. The Morgan fingerprint density at radius 1 is 1.07 bits per heavy atom. The number of imide groups is 1. The number of nitrogens with zero attached hydrogens (tertiary/aromatic N) is 1. The first-order valence-electron chi connectivity index (χ1n) is 8.43. The predicted octanol–water partition coefficient (Wildman–Crippen LogP) is 3.76. The largest absolute Gasteiger partial charge is 0.385 e. The lowest BCUT2D eigenvalue weighted by atomic mass is 10.1. The molecule has 0 atom stereocenters. The second kappa shape index (κ2) is 8.37. The molecule has 4 amide bonds. The molecular weight excluding hydrogens is 389 g/mol. The SMILES string of the molecule is COCCCN1C(=O)c2ccc(NC(=O)Nc3ccc(F)c(Cl)c3)cc2C1=O. The van der Waals surface area contributed by atoms with Crippen LogP contribution < -0.4 is 10.6 Å². The Balaban J connectivity index is 1.69. The summed E-state index contributed by atoms with van der Waals surface area (Å²) in [6, 6.07) is 7.65. The summed E-state index contributed by atoms with van der Waals surface area (Å²) in [5, 5.41) is 4.96. The molecule has 0 saturated heterocycles. The van der Waals surface area contributed by atoms with Crippen molar-refractivity contribution in [1.82, 2.24) is 4.90 Å². The number of amides is 4. The van der Waals surface area contributed by atoms with Gasteiger partial charge in [-0.1, -0.05) is 11.6 Å². The highest BCUT2D eigenvalue weighted by molar-refractivity contribution is 6.31. The van der Waals surface area contributed by atoms with Gasteiger partial charge in [0.2, 0.25) is 0 Å². The molecule has 0 fully saturated rings. The summed E-state index contributed by atoms with van der Waals surface area (Å²) in [5.74, 6) is -1.37. The van der Waals surface area contributed by atoms with E-state index in [1.807, 2.05) is 0 Å². The second-order valence-electron chi connectivity index (χ2n) is 6.08. The molecule has 2 aromatic rings. The highest BCUT2D eigenvalue weighted by Crippen LogP contribution is 2.26. The first kappa shape index (κ1) is 19.8. The number of hydrogen-bond acceptors (Lipinski definition) is 4. The summed E-state index contributed by atoms with van der Waals surface area (Å²) < 4.78 is 18.1. The van der Waals surface area contributed by atoms with Gasteiger partial charge in [-0.3, -0.25) is 14.5 Å². The third-order valence-corrected chi connectivity index (χ3v) is 4.43. The third-order valence-electron chi connectivity index (χ3n) is 4.14. The summed E-state index contributed by atoms with van der Waals surface area (Å²) in [6.07, 6.45) is 0.537. The van der Waals surface area contributed by atoms with Crippen LogP contribution >= 0.6 is 11.6 Å². The van der Waals surface area contributed by atoms with Gasteiger partial charge in [0.25, 0.3) is 11.8 Å². The highest BCUT2D eigenvalue weighted by atomic mass is 35.5. The van der Waals surface area contributed by atoms with Gasteiger partial charge in [0.05, 0.1) is 16.1 Å². The molecule has 0 radical (unpaired) electrons. The summed E-state index contributed by atoms with van der Waals surface area (Å²) in [4.78, 5) is 38.1. The van der Waals surface area contributed by atoms with Crippen LogP contribution in [0.2, 0.25) is 5.02 Å². The predicted molar refractivity (Wildman–Crippen MR) is 102 cm³/mol. The molecule has 0 saturated carbocycles. The number of benzene rings is 2. The maximum atomic E-state index is 13.2. The minimum absolute atomic E-state index is 0.118. The minimum atomic E-state index is -0.601. The molecule has 7 nitrogen and oxygen atoms in total. The van der Waals surface area contributed by atoms with E-state index < -0.39 is 17.8 Å². The van der Waals surface area contributed by atoms with E-state index in [2.05, 4.69) is 10.6 Å². The van der Waals surface area contributed by atoms with E-state index in [9.17, 15) is 18.8 Å². The van der Waals surface area contributed by atoms with Crippen molar-refractivity contribution in [3.8, 4) is 0 Å². The Hall–Kier alpha value is -2.97. The average molecular weight is 406 g/mol. The van der Waals surface area contributed by atoms with Gasteiger partial charge >= 0.3 is 6.03 Å². The number of ether oxygens (including phenoxy) is 1. The fourth-order valence-corrected chi connectivity index (χ4v) is 2.99. The Morgan fingerprint density at radius 3 is 2.39 bits per heavy atom. The van der Waals surface area contributed by atoms with E-state index in [0.29, 0.717) is 30.0 Å². The van der Waals surface area contributed by atoms with Gasteiger partial charge in [-0.05, 0) is 42.8 Å². The molecule has 2 aromatic carbocycles. The normalized spacial score (nSPS) is 12.9. The molecule has 1 heterocycles. The number of rotatable bonds is 6. The molecule has 0 bridgehead atoms. The van der Waals surface area contributed by atoms with Crippen molar-refractivity contribution in [2.45, 2.75) is 6.42 Å². The zero-order valence-electron chi connectivity index (χ0n) is 14.9. The van der Waals surface area contributed by atoms with Crippen molar-refractivity contribution in [3.05, 3.63) is 58.4 Å². The van der Waals surface area contributed by atoms with Crippen molar-refractivity contribution < 1.29 is 23.5 Å². The number of methoxy groups -OCH3 is 1. The van der Waals surface area contributed by atoms with Gasteiger partial charge in [-0.15, -0.1) is 0 Å². The fraction of sp³-hybridized carbons (Fsp3) is 0.211. The molecule has 1 aliphatic heterocycles. The van der Waals surface area contributed by atoms with Gasteiger partial charge in [-0.2, -0.15) is 0 Å². The zero-order chi connectivity index (χ0) is 20.3. The maximum absolute atomic E-state index is 13.2. The van der Waals surface area contributed by atoms with E-state index in [4.69, 9.17) is 16.3 Å². The lowest BCUT2D eigenvalue weighted by molar-refractivity contribution is 0.0638. The van der Waals surface area contributed by atoms with Crippen molar-refractivity contribution >= 4 is 40.8 Å². The number of nitrogens with one attached hydrogen (secondary N) is 2. The van der Waals surface area contributed by atoms with Crippen molar-refractivity contribution in [2.24, 2.45) is 0 Å². The first-order chi connectivity index (χ1) is 13.4. The van der Waals surface area contributed by atoms with Gasteiger partial charge in [0, 0.05) is 31.6 Å². The summed E-state index contributed by atoms with van der Waals surface area (Å²) in [6.45, 7) is 0.697. The van der Waals surface area contributed by atoms with E-state index >= 15 is 0 Å². The summed E-state index contributed by atoms with van der Waals surface area (Å²) >= 11 is 5.68. The fourth-order valence-electron chi connectivity index (χ4n) is 2.81. The molecule has 9 heteroatoms. The van der Waals surface area contributed by atoms with Crippen LogP contribution in [-0.4, -0.2) is 43.0 Å². The number of urea groups is 1. The van der Waals surface area contributed by atoms with Crippen molar-refractivity contribution in [3.63, 3.8) is 0 Å². The first-order valence-corrected chi connectivity index (χ1v) is 8.80. The van der Waals surface area contributed by atoms with E-state index in [0.717, 1.165) is 11.0 Å². The van der Waals surface area contributed by atoms with Gasteiger partial charge < -0.3 is 15.4 Å². The molecule has 1 aliphatic rings. The molecule has 0 spiro atoms. The quantitative estimate of drug-likeness (QED) is 0.566. The minimum Gasteiger partial charge on any atom is -0.385 e. The monoisotopic (exact) mass is 405 g/mol. The highest BCUT2D eigenvalue weighted by Gasteiger charge is 2.35. The number of anilines is 2. The van der Waals surface area contributed by atoms with Crippen LogP contribution in [0.1, 0.15) is 27.1 Å². The molecule has 0 aromatic heterocycles. The molecule has 146 valence electrons. The Morgan fingerprint density at radius 2 is 1.71 bits per heavy atom. The molecule has 3 rings (SSSR count). The number of halogens is 2. The Kier molecular flexibility index (Phi) is 5.91. The second-order valence-corrected chi connectivity index (χ2v) is 6.48. The van der Waals surface area contributed by atoms with Crippen LogP contribution in [-0.2, 0) is 4.74 Å². The number of carbonyl (C=O) groups is 3. The lowest BCUT2D eigenvalue weighted by Crippen LogP contribution is -2.31. The Labute approximate surface area is 165 Å². The van der Waals surface area contributed by atoms with Crippen LogP contribution in [0.5, 0.6) is 0 Å². The zero-order valence-corrected chi connectivity index (χ0v) is 15.7. The average Bonchev–Trinajstić information content (AvgIpc) is 2.89. The number of hydrogen-bond donors (Lipinski definition) is 2. The van der Waals surface area contributed by atoms with Crippen LogP contribution in [0.3, 0.4) is 0 Å². The smallest absolute Gasteiger partial charge is 0.323 e. The third kappa shape index (κ3) is 4.13. The maximum Gasteiger partial charge on any atom is 0.323 e. The van der Waals surface area contributed by atoms with E-state index in [1.54, 1.807) is 7.11 Å². The van der Waals surface area contributed by atoms with Gasteiger partial charge in [0.15, 0.2) is 0 Å². The lowest BCUT2D eigenvalue weighted by Gasteiger charge is -2.12. The van der Waals surface area contributed by atoms with Gasteiger partial charge in [0.1, 0.15) is 5.82 Å². The number of carbonyl (C=O) groups excluding carboxylic acids is 3. The van der Waals surface area contributed by atoms with Gasteiger partial charge in [-0.25, -0.2) is 9.18 Å². The molecule has 0 unspecified atom stereocenters. The molecule has 28 heavy (non-hydrogen) atoms. The van der Waals surface area contributed by atoms with Crippen LogP contribution in [0, 0.1) is 5.82 Å². The standard InChI is InChI=1S/C19H17ClFN3O4/c1-28-8-2-7-24-17(25)13-5-3-11(9-14(13)18(24)26)22-19(27)23-12-4-6-16(21)15(20)10-12/h3-6,9-10H,2,7-8H2,1H3,(H2,22,23,27). The van der Waals surface area contributed by atoms with Crippen LogP contribution in [0.4, 0.5) is 20.6 Å². The van der Waals surface area contributed by atoms with Crippen LogP contribution in [0.15, 0.2) is 36.4 Å². The summed E-state index contributed by atoms with van der Waals surface area (Å²) in [7, 11) is 1.55. The van der Waals surface area contributed by atoms with Crippen molar-refractivity contribution in [2.75, 3.05) is 30.9 Å². The van der Waals surface area contributed by atoms with E-state index in [-0.39, 0.29) is 23.0 Å². The topological polar surface area (TPSA) is 87.7 Å². The van der Waals surface area contributed by atoms with Crippen LogP contribution in [0.25, 0.3) is 0 Å². The summed E-state index contributed by atoms with van der Waals surface area (Å²) in [5.41, 5.74) is 1.16. The van der Waals surface area contributed by atoms with Crippen molar-refractivity contribution in [1.29, 1.82) is 0 Å². The Bertz CT molecular complexity index is 951. The number of fused-ring (bicyclic) bond motifs is 1. The molecule has 0 aliphatic carbocycles. The molecule has 2 N–H and O–H groups in total.